The van der Waals surface area contributed by atoms with Crippen molar-refractivity contribution in [2.75, 3.05) is 5.32 Å². The fourth-order valence-corrected chi connectivity index (χ4v) is 2.27. The lowest BCUT2D eigenvalue weighted by Crippen LogP contribution is -2.07. The normalized spacial score (nSPS) is 10.3. The van der Waals surface area contributed by atoms with E-state index in [9.17, 15) is 17.6 Å². The van der Waals surface area contributed by atoms with Crippen LogP contribution in [-0.4, -0.2) is 0 Å². The minimum Gasteiger partial charge on any atom is -0.377 e. The summed E-state index contributed by atoms with van der Waals surface area (Å²) in [5.74, 6) is -3.51. The summed E-state index contributed by atoms with van der Waals surface area (Å²) in [6.45, 7) is -0.357. The lowest BCUT2D eigenvalue weighted by molar-refractivity contribution is 0.557. The monoisotopic (exact) mass is 358 g/mol. The van der Waals surface area contributed by atoms with E-state index in [-0.39, 0.29) is 27.8 Å². The van der Waals surface area contributed by atoms with Gasteiger partial charge in [0.25, 0.3) is 0 Å². The van der Waals surface area contributed by atoms with E-state index in [0.29, 0.717) is 6.07 Å². The molecule has 0 saturated heterocycles. The summed E-state index contributed by atoms with van der Waals surface area (Å²) in [4.78, 5) is 0. The maximum atomic E-state index is 13.7. The summed E-state index contributed by atoms with van der Waals surface area (Å²) in [6.07, 6.45) is 0. The fraction of sp³-hybridized carbons (Fsp3) is 0.0714. The van der Waals surface area contributed by atoms with E-state index in [4.69, 9.17) is 5.26 Å². The van der Waals surface area contributed by atoms with Gasteiger partial charge in [-0.25, -0.2) is 17.6 Å². The van der Waals surface area contributed by atoms with Crippen molar-refractivity contribution >= 4 is 21.6 Å². The molecule has 0 saturated carbocycles. The van der Waals surface area contributed by atoms with Crippen molar-refractivity contribution in [2.45, 2.75) is 6.54 Å². The van der Waals surface area contributed by atoms with E-state index in [2.05, 4.69) is 21.2 Å². The summed E-state index contributed by atoms with van der Waals surface area (Å²) < 4.78 is 53.9. The summed E-state index contributed by atoms with van der Waals surface area (Å²) in [5.41, 5.74) is -0.605. The Labute approximate surface area is 126 Å². The SMILES string of the molecule is N#Cc1cc(F)c(CNc2c(F)cc(F)cc2Br)c(F)c1. The van der Waals surface area contributed by atoms with Crippen molar-refractivity contribution in [1.29, 1.82) is 5.26 Å². The topological polar surface area (TPSA) is 35.8 Å². The van der Waals surface area contributed by atoms with Crippen LogP contribution in [0.1, 0.15) is 11.1 Å². The van der Waals surface area contributed by atoms with Crippen molar-refractivity contribution in [3.8, 4) is 6.07 Å². The Morgan fingerprint density at radius 3 is 2.14 bits per heavy atom. The molecular formula is C14H7BrF4N2. The van der Waals surface area contributed by atoms with Gasteiger partial charge < -0.3 is 5.32 Å². The highest BCUT2D eigenvalue weighted by Gasteiger charge is 2.14. The molecule has 2 nitrogen and oxygen atoms in total. The zero-order chi connectivity index (χ0) is 15.6. The fourth-order valence-electron chi connectivity index (χ4n) is 1.72. The molecule has 0 aliphatic rings. The van der Waals surface area contributed by atoms with Crippen molar-refractivity contribution in [1.82, 2.24) is 0 Å². The number of hydrogen-bond acceptors (Lipinski definition) is 2. The van der Waals surface area contributed by atoms with Gasteiger partial charge in [-0.1, -0.05) is 0 Å². The highest BCUT2D eigenvalue weighted by atomic mass is 79.9. The first kappa shape index (κ1) is 15.3. The molecule has 0 radical (unpaired) electrons. The van der Waals surface area contributed by atoms with Gasteiger partial charge in [0.1, 0.15) is 23.3 Å². The van der Waals surface area contributed by atoms with E-state index in [1.807, 2.05) is 0 Å². The quantitative estimate of drug-likeness (QED) is 0.820. The Bertz CT molecular complexity index is 694. The second kappa shape index (κ2) is 6.14. The van der Waals surface area contributed by atoms with Gasteiger partial charge in [-0.15, -0.1) is 0 Å². The van der Waals surface area contributed by atoms with Crippen molar-refractivity contribution in [3.05, 3.63) is 63.1 Å². The van der Waals surface area contributed by atoms with Gasteiger partial charge in [-0.3, -0.25) is 0 Å². The standard InChI is InChI=1S/C14H7BrF4N2/c15-10-3-8(16)4-13(19)14(10)21-6-9-11(17)1-7(5-20)2-12(9)18/h1-4,21H,6H2. The van der Waals surface area contributed by atoms with Crippen LogP contribution in [-0.2, 0) is 6.54 Å². The molecule has 0 unspecified atom stereocenters. The molecule has 0 spiro atoms. The molecule has 0 heterocycles. The largest absolute Gasteiger partial charge is 0.377 e. The molecule has 0 aliphatic heterocycles. The van der Waals surface area contributed by atoms with Crippen LogP contribution in [0.2, 0.25) is 0 Å². The van der Waals surface area contributed by atoms with E-state index >= 15 is 0 Å². The van der Waals surface area contributed by atoms with E-state index in [0.717, 1.165) is 18.2 Å². The maximum Gasteiger partial charge on any atom is 0.150 e. The van der Waals surface area contributed by atoms with Crippen LogP contribution in [0, 0.1) is 34.6 Å². The van der Waals surface area contributed by atoms with Crippen molar-refractivity contribution in [2.24, 2.45) is 0 Å². The Balaban J connectivity index is 2.28. The summed E-state index contributed by atoms with van der Waals surface area (Å²) in [7, 11) is 0. The number of benzene rings is 2. The number of nitrogens with one attached hydrogen (secondary N) is 1. The Kier molecular flexibility index (Phi) is 4.48. The van der Waals surface area contributed by atoms with Gasteiger partial charge in [0.15, 0.2) is 0 Å². The highest BCUT2D eigenvalue weighted by Crippen LogP contribution is 2.28. The Morgan fingerprint density at radius 2 is 1.62 bits per heavy atom. The number of hydrogen-bond donors (Lipinski definition) is 1. The lowest BCUT2D eigenvalue weighted by atomic mass is 10.1. The number of nitrogens with zero attached hydrogens (tertiary/aromatic N) is 1. The highest BCUT2D eigenvalue weighted by molar-refractivity contribution is 9.10. The molecule has 1 N–H and O–H groups in total. The zero-order valence-electron chi connectivity index (χ0n) is 10.4. The van der Waals surface area contributed by atoms with E-state index < -0.39 is 23.3 Å². The average molecular weight is 359 g/mol. The lowest BCUT2D eigenvalue weighted by Gasteiger charge is -2.11. The predicted octanol–water partition coefficient (Wildman–Crippen LogP) is 4.49. The van der Waals surface area contributed by atoms with E-state index in [1.54, 1.807) is 6.07 Å². The van der Waals surface area contributed by atoms with Crippen molar-refractivity contribution in [3.63, 3.8) is 0 Å². The first-order valence-electron chi connectivity index (χ1n) is 5.69. The number of rotatable bonds is 3. The first-order chi connectivity index (χ1) is 9.92. The van der Waals surface area contributed by atoms with E-state index in [1.165, 1.54) is 0 Å². The molecule has 0 fully saturated rings. The van der Waals surface area contributed by atoms with Gasteiger partial charge in [0, 0.05) is 22.6 Å². The van der Waals surface area contributed by atoms with Gasteiger partial charge in [-0.2, -0.15) is 5.26 Å². The van der Waals surface area contributed by atoms with Gasteiger partial charge in [0.05, 0.1) is 17.3 Å². The molecule has 0 aromatic heterocycles. The van der Waals surface area contributed by atoms with Crippen LogP contribution < -0.4 is 5.32 Å². The molecule has 2 aromatic carbocycles. The van der Waals surface area contributed by atoms with Gasteiger partial charge >= 0.3 is 0 Å². The third-order valence-electron chi connectivity index (χ3n) is 2.72. The van der Waals surface area contributed by atoms with Crippen molar-refractivity contribution < 1.29 is 17.6 Å². The third-order valence-corrected chi connectivity index (χ3v) is 3.34. The maximum absolute atomic E-state index is 13.7. The Morgan fingerprint density at radius 1 is 1.00 bits per heavy atom. The summed E-state index contributed by atoms with van der Waals surface area (Å²) in [6, 6.07) is 5.07. The summed E-state index contributed by atoms with van der Waals surface area (Å²) in [5, 5.41) is 11.1. The molecule has 2 aromatic rings. The van der Waals surface area contributed by atoms with Crippen LogP contribution in [0.15, 0.2) is 28.7 Å². The number of anilines is 1. The molecular weight excluding hydrogens is 352 g/mol. The molecule has 0 atom stereocenters. The van der Waals surface area contributed by atoms with Crippen LogP contribution in [0.4, 0.5) is 23.2 Å². The smallest absolute Gasteiger partial charge is 0.150 e. The zero-order valence-corrected chi connectivity index (χ0v) is 11.9. The Hall–Kier alpha value is -2.07. The average Bonchev–Trinajstić information content (AvgIpc) is 2.39. The molecule has 7 heteroatoms. The summed E-state index contributed by atoms with van der Waals surface area (Å²) >= 11 is 2.96. The first-order valence-corrected chi connectivity index (χ1v) is 6.48. The second-order valence-electron chi connectivity index (χ2n) is 4.13. The minimum absolute atomic E-state index is 0.0921. The molecule has 0 aliphatic carbocycles. The molecule has 0 amide bonds. The molecule has 108 valence electrons. The second-order valence-corrected chi connectivity index (χ2v) is 4.98. The van der Waals surface area contributed by atoms with Gasteiger partial charge in [-0.05, 0) is 34.1 Å². The number of halogens is 5. The van der Waals surface area contributed by atoms with Crippen LogP contribution in [0.25, 0.3) is 0 Å². The van der Waals surface area contributed by atoms with Crippen LogP contribution in [0.3, 0.4) is 0 Å². The molecule has 2 rings (SSSR count). The third kappa shape index (κ3) is 3.34. The minimum atomic E-state index is -0.919. The molecule has 21 heavy (non-hydrogen) atoms. The molecule has 0 bridgehead atoms. The predicted molar refractivity (Wildman–Crippen MR) is 72.5 cm³/mol. The van der Waals surface area contributed by atoms with Crippen LogP contribution in [0.5, 0.6) is 0 Å². The van der Waals surface area contributed by atoms with Gasteiger partial charge in [0.2, 0.25) is 0 Å². The number of nitriles is 1. The van der Waals surface area contributed by atoms with Crippen LogP contribution >= 0.6 is 15.9 Å².